The summed E-state index contributed by atoms with van der Waals surface area (Å²) in [6.07, 6.45) is 0. The maximum Gasteiger partial charge on any atom is 0.271 e. The van der Waals surface area contributed by atoms with Gasteiger partial charge in [-0.05, 0) is 42.7 Å². The van der Waals surface area contributed by atoms with Crippen molar-refractivity contribution in [1.29, 1.82) is 0 Å². The summed E-state index contributed by atoms with van der Waals surface area (Å²) in [6, 6.07) is 10.3. The Morgan fingerprint density at radius 1 is 1.19 bits per heavy atom. The SMILES string of the molecule is CCNC(=S)Nc1ccccc1NS(=O)(=O)c1cccs1. The molecule has 0 fully saturated rings. The summed E-state index contributed by atoms with van der Waals surface area (Å²) in [4.78, 5) is 0. The number of anilines is 2. The third-order valence-electron chi connectivity index (χ3n) is 2.52. The Morgan fingerprint density at radius 2 is 1.90 bits per heavy atom. The first-order valence-corrected chi connectivity index (χ1v) is 9.00. The second kappa shape index (κ2) is 6.88. The third kappa shape index (κ3) is 4.16. The maximum absolute atomic E-state index is 12.2. The highest BCUT2D eigenvalue weighted by atomic mass is 32.2. The molecule has 1 heterocycles. The third-order valence-corrected chi connectivity index (χ3v) is 5.53. The molecule has 0 unspecified atom stereocenters. The van der Waals surface area contributed by atoms with Crippen molar-refractivity contribution in [3.05, 3.63) is 41.8 Å². The minimum atomic E-state index is -3.58. The van der Waals surface area contributed by atoms with E-state index in [2.05, 4.69) is 15.4 Å². The number of hydrogen-bond acceptors (Lipinski definition) is 4. The minimum absolute atomic E-state index is 0.270. The molecular weight excluding hydrogens is 326 g/mol. The van der Waals surface area contributed by atoms with E-state index < -0.39 is 10.0 Å². The van der Waals surface area contributed by atoms with E-state index in [1.54, 1.807) is 41.8 Å². The predicted octanol–water partition coefficient (Wildman–Crippen LogP) is 2.86. The molecule has 112 valence electrons. The first kappa shape index (κ1) is 15.7. The number of rotatable bonds is 5. The summed E-state index contributed by atoms with van der Waals surface area (Å²) in [5.74, 6) is 0. The summed E-state index contributed by atoms with van der Waals surface area (Å²) >= 11 is 6.29. The summed E-state index contributed by atoms with van der Waals surface area (Å²) in [6.45, 7) is 2.62. The van der Waals surface area contributed by atoms with Crippen molar-refractivity contribution in [2.45, 2.75) is 11.1 Å². The molecule has 1 aromatic heterocycles. The van der Waals surface area contributed by atoms with Crippen molar-refractivity contribution >= 4 is 50.1 Å². The molecular formula is C13H15N3O2S3. The normalized spacial score (nSPS) is 10.9. The molecule has 0 aliphatic carbocycles. The van der Waals surface area contributed by atoms with Gasteiger partial charge in [0.1, 0.15) is 4.21 Å². The van der Waals surface area contributed by atoms with Crippen LogP contribution >= 0.6 is 23.6 Å². The Bertz CT molecular complexity index is 712. The van der Waals surface area contributed by atoms with Gasteiger partial charge in [-0.25, -0.2) is 8.42 Å². The number of thiocarbonyl (C=S) groups is 1. The largest absolute Gasteiger partial charge is 0.363 e. The lowest BCUT2D eigenvalue weighted by molar-refractivity contribution is 0.603. The van der Waals surface area contributed by atoms with Gasteiger partial charge >= 0.3 is 0 Å². The van der Waals surface area contributed by atoms with E-state index in [0.29, 0.717) is 23.0 Å². The quantitative estimate of drug-likeness (QED) is 0.730. The maximum atomic E-state index is 12.2. The molecule has 2 rings (SSSR count). The zero-order valence-electron chi connectivity index (χ0n) is 11.3. The fraction of sp³-hybridized carbons (Fsp3) is 0.154. The van der Waals surface area contributed by atoms with Gasteiger partial charge in [0.25, 0.3) is 10.0 Å². The lowest BCUT2D eigenvalue weighted by Gasteiger charge is -2.14. The number of hydrogen-bond donors (Lipinski definition) is 3. The molecule has 2 aromatic rings. The van der Waals surface area contributed by atoms with E-state index >= 15 is 0 Å². The molecule has 0 spiro atoms. The Labute approximate surface area is 133 Å². The fourth-order valence-corrected chi connectivity index (χ4v) is 3.95. The predicted molar refractivity (Wildman–Crippen MR) is 91.5 cm³/mol. The molecule has 5 nitrogen and oxygen atoms in total. The van der Waals surface area contributed by atoms with Gasteiger partial charge in [0.05, 0.1) is 11.4 Å². The van der Waals surface area contributed by atoms with E-state index in [4.69, 9.17) is 12.2 Å². The van der Waals surface area contributed by atoms with Crippen LogP contribution < -0.4 is 15.4 Å². The standard InChI is InChI=1S/C13H15N3O2S3/c1-2-14-13(19)15-10-6-3-4-7-11(10)16-21(17,18)12-8-5-9-20-12/h3-9,16H,2H2,1H3,(H2,14,15,19). The van der Waals surface area contributed by atoms with E-state index in [1.807, 2.05) is 6.92 Å². The second-order valence-corrected chi connectivity index (χ2v) is 7.33. The molecule has 0 saturated carbocycles. The van der Waals surface area contributed by atoms with Crippen molar-refractivity contribution in [2.24, 2.45) is 0 Å². The van der Waals surface area contributed by atoms with Gasteiger partial charge in [-0.3, -0.25) is 4.72 Å². The lowest BCUT2D eigenvalue weighted by atomic mass is 10.3. The summed E-state index contributed by atoms with van der Waals surface area (Å²) in [5, 5.41) is 8.10. The molecule has 8 heteroatoms. The van der Waals surface area contributed by atoms with Crippen LogP contribution in [0.4, 0.5) is 11.4 Å². The number of nitrogens with one attached hydrogen (secondary N) is 3. The Kier molecular flexibility index (Phi) is 5.16. The van der Waals surface area contributed by atoms with Crippen LogP contribution in [-0.4, -0.2) is 20.1 Å². The van der Waals surface area contributed by atoms with Crippen LogP contribution in [0.25, 0.3) is 0 Å². The molecule has 0 radical (unpaired) electrons. The van der Waals surface area contributed by atoms with Crippen LogP contribution in [0.15, 0.2) is 46.0 Å². The zero-order chi connectivity index (χ0) is 15.3. The van der Waals surface area contributed by atoms with Gasteiger partial charge in [0.15, 0.2) is 5.11 Å². The van der Waals surface area contributed by atoms with Gasteiger partial charge in [0.2, 0.25) is 0 Å². The molecule has 0 aliphatic heterocycles. The van der Waals surface area contributed by atoms with Gasteiger partial charge in [0, 0.05) is 6.54 Å². The number of benzene rings is 1. The van der Waals surface area contributed by atoms with Crippen LogP contribution in [0.3, 0.4) is 0 Å². The molecule has 0 bridgehead atoms. The Balaban J connectivity index is 2.23. The highest BCUT2D eigenvalue weighted by Gasteiger charge is 2.16. The van der Waals surface area contributed by atoms with Crippen molar-refractivity contribution < 1.29 is 8.42 Å². The molecule has 0 saturated heterocycles. The van der Waals surface area contributed by atoms with Crippen molar-refractivity contribution in [3.63, 3.8) is 0 Å². The molecule has 1 aromatic carbocycles. The molecule has 0 aliphatic rings. The van der Waals surface area contributed by atoms with Gasteiger partial charge in [-0.15, -0.1) is 11.3 Å². The van der Waals surface area contributed by atoms with E-state index in [0.717, 1.165) is 0 Å². The smallest absolute Gasteiger partial charge is 0.271 e. The average molecular weight is 341 g/mol. The lowest BCUT2D eigenvalue weighted by Crippen LogP contribution is -2.28. The first-order chi connectivity index (χ1) is 10.0. The summed E-state index contributed by atoms with van der Waals surface area (Å²) in [7, 11) is -3.58. The van der Waals surface area contributed by atoms with Crippen molar-refractivity contribution in [2.75, 3.05) is 16.6 Å². The van der Waals surface area contributed by atoms with Crippen LogP contribution in [0.2, 0.25) is 0 Å². The average Bonchev–Trinajstić information content (AvgIpc) is 2.96. The monoisotopic (exact) mass is 341 g/mol. The molecule has 0 amide bonds. The minimum Gasteiger partial charge on any atom is -0.363 e. The van der Waals surface area contributed by atoms with Crippen LogP contribution in [0, 0.1) is 0 Å². The second-order valence-electron chi connectivity index (χ2n) is 4.07. The fourth-order valence-electron chi connectivity index (χ4n) is 1.62. The Hall–Kier alpha value is -1.64. The van der Waals surface area contributed by atoms with E-state index in [9.17, 15) is 8.42 Å². The molecule has 21 heavy (non-hydrogen) atoms. The van der Waals surface area contributed by atoms with Crippen molar-refractivity contribution in [3.8, 4) is 0 Å². The summed E-state index contributed by atoms with van der Waals surface area (Å²) in [5.41, 5.74) is 1.05. The Morgan fingerprint density at radius 3 is 2.52 bits per heavy atom. The first-order valence-electron chi connectivity index (χ1n) is 6.23. The zero-order valence-corrected chi connectivity index (χ0v) is 13.7. The van der Waals surface area contributed by atoms with Crippen LogP contribution in [0.1, 0.15) is 6.92 Å². The molecule has 3 N–H and O–H groups in total. The van der Waals surface area contributed by atoms with Crippen molar-refractivity contribution in [1.82, 2.24) is 5.32 Å². The number of thiophene rings is 1. The van der Waals surface area contributed by atoms with Crippen LogP contribution in [-0.2, 0) is 10.0 Å². The highest BCUT2D eigenvalue weighted by Crippen LogP contribution is 2.25. The van der Waals surface area contributed by atoms with Gasteiger partial charge in [-0.2, -0.15) is 0 Å². The van der Waals surface area contributed by atoms with Crippen LogP contribution in [0.5, 0.6) is 0 Å². The summed E-state index contributed by atoms with van der Waals surface area (Å²) < 4.78 is 27.3. The van der Waals surface area contributed by atoms with Gasteiger partial charge in [-0.1, -0.05) is 18.2 Å². The highest BCUT2D eigenvalue weighted by molar-refractivity contribution is 7.94. The van der Waals surface area contributed by atoms with Gasteiger partial charge < -0.3 is 10.6 Å². The van der Waals surface area contributed by atoms with E-state index in [-0.39, 0.29) is 4.21 Å². The number of para-hydroxylation sites is 2. The topological polar surface area (TPSA) is 70.2 Å². The number of sulfonamides is 1. The van der Waals surface area contributed by atoms with E-state index in [1.165, 1.54) is 11.3 Å². The molecule has 0 atom stereocenters.